The molecule has 12 nitrogen and oxygen atoms in total. The maximum atomic E-state index is 13.3. The van der Waals surface area contributed by atoms with E-state index in [1.165, 1.54) is 0 Å². The Morgan fingerprint density at radius 2 is 1.43 bits per heavy atom. The van der Waals surface area contributed by atoms with Gasteiger partial charge in [-0.25, -0.2) is 4.79 Å². The van der Waals surface area contributed by atoms with Crippen molar-refractivity contribution in [2.45, 2.75) is 81.7 Å². The molecule has 2 aromatic rings. The summed E-state index contributed by atoms with van der Waals surface area (Å²) in [6, 6.07) is 9.87. The molecule has 2 atom stereocenters. The molecule has 0 saturated heterocycles. The van der Waals surface area contributed by atoms with Crippen molar-refractivity contribution in [3.63, 3.8) is 0 Å². The summed E-state index contributed by atoms with van der Waals surface area (Å²) >= 11 is 6.87. The molecule has 0 saturated carbocycles. The minimum absolute atomic E-state index is 0.133. The van der Waals surface area contributed by atoms with Crippen LogP contribution in [0.1, 0.15) is 79.4 Å². The Kier molecular flexibility index (Phi) is 18.1. The van der Waals surface area contributed by atoms with E-state index in [2.05, 4.69) is 58.4 Å². The molecule has 8 N–H and O–H groups in total. The number of benzene rings is 2. The highest BCUT2D eigenvalue weighted by molar-refractivity contribution is 9.08. The van der Waals surface area contributed by atoms with Crippen molar-refractivity contribution in [3.8, 4) is 0 Å². The summed E-state index contributed by atoms with van der Waals surface area (Å²) in [5.41, 5.74) is 8.95. The molecule has 2 aromatic carbocycles. The molecule has 14 heteroatoms. The fraction of sp³-hybridized carbons (Fsp3) is 0.485. The zero-order valence-electron chi connectivity index (χ0n) is 26.9. The fourth-order valence-corrected chi connectivity index (χ4v) is 5.34. The van der Waals surface area contributed by atoms with Gasteiger partial charge >= 0.3 is 6.03 Å². The lowest BCUT2D eigenvalue weighted by Crippen LogP contribution is -2.54. The number of alkyl halides is 2. The van der Waals surface area contributed by atoms with E-state index in [9.17, 15) is 29.1 Å². The molecule has 0 fully saturated rings. The van der Waals surface area contributed by atoms with Gasteiger partial charge in [-0.05, 0) is 72.6 Å². The van der Waals surface area contributed by atoms with Gasteiger partial charge in [-0.1, -0.05) is 70.3 Å². The minimum atomic E-state index is -0.948. The van der Waals surface area contributed by atoms with Gasteiger partial charge in [-0.2, -0.15) is 0 Å². The SMILES string of the molecule is CC(C)[C@H](NC(=O)CCCCCNC(=O)c1cc(CBr)cc(CBr)c1)C(=O)N[C@@H](CCCNC(N)=O)C(=O)Nc1ccc(CO)cc1. The van der Waals surface area contributed by atoms with E-state index < -0.39 is 29.9 Å². The van der Waals surface area contributed by atoms with Crippen molar-refractivity contribution in [2.75, 3.05) is 18.4 Å². The monoisotopic (exact) mass is 780 g/mol. The second kappa shape index (κ2) is 21.4. The number of unbranched alkanes of at least 4 members (excludes halogenated alkanes) is 2. The van der Waals surface area contributed by atoms with Crippen LogP contribution in [0, 0.1) is 5.92 Å². The van der Waals surface area contributed by atoms with Crippen molar-refractivity contribution in [3.05, 3.63) is 64.7 Å². The Balaban J connectivity index is 1.87. The summed E-state index contributed by atoms with van der Waals surface area (Å²) < 4.78 is 0. The molecule has 2 rings (SSSR count). The van der Waals surface area contributed by atoms with E-state index >= 15 is 0 Å². The summed E-state index contributed by atoms with van der Waals surface area (Å²) in [5, 5.41) is 24.3. The Labute approximate surface area is 293 Å². The Bertz CT molecular complexity index is 1320. The summed E-state index contributed by atoms with van der Waals surface area (Å²) in [7, 11) is 0. The maximum Gasteiger partial charge on any atom is 0.312 e. The van der Waals surface area contributed by atoms with Gasteiger partial charge in [0.05, 0.1) is 6.61 Å². The highest BCUT2D eigenvalue weighted by Gasteiger charge is 2.28. The number of primary amides is 1. The van der Waals surface area contributed by atoms with Crippen LogP contribution in [0.4, 0.5) is 10.5 Å². The van der Waals surface area contributed by atoms with Crippen molar-refractivity contribution in [1.82, 2.24) is 21.3 Å². The van der Waals surface area contributed by atoms with Gasteiger partial charge in [-0.15, -0.1) is 0 Å². The van der Waals surface area contributed by atoms with Gasteiger partial charge in [0.15, 0.2) is 0 Å². The number of hydrogen-bond donors (Lipinski definition) is 7. The zero-order valence-corrected chi connectivity index (χ0v) is 30.0. The number of aliphatic hydroxyl groups excluding tert-OH is 1. The largest absolute Gasteiger partial charge is 0.392 e. The van der Waals surface area contributed by atoms with E-state index in [0.717, 1.165) is 11.1 Å². The van der Waals surface area contributed by atoms with Crippen LogP contribution in [0.25, 0.3) is 0 Å². The second-order valence-electron chi connectivity index (χ2n) is 11.5. The molecule has 0 aromatic heterocycles. The molecule has 47 heavy (non-hydrogen) atoms. The molecule has 0 aliphatic carbocycles. The van der Waals surface area contributed by atoms with E-state index in [1.54, 1.807) is 38.1 Å². The van der Waals surface area contributed by atoms with Crippen LogP contribution in [0.3, 0.4) is 0 Å². The normalized spacial score (nSPS) is 12.1. The number of nitrogens with one attached hydrogen (secondary N) is 5. The number of hydrogen-bond acceptors (Lipinski definition) is 6. The first-order valence-corrected chi connectivity index (χ1v) is 17.9. The van der Waals surface area contributed by atoms with E-state index in [-0.39, 0.29) is 43.7 Å². The number of carbonyl (C=O) groups excluding carboxylic acids is 5. The summed E-state index contributed by atoms with van der Waals surface area (Å²) in [4.78, 5) is 62.9. The molecule has 0 spiro atoms. The van der Waals surface area contributed by atoms with Gasteiger partial charge in [0.1, 0.15) is 12.1 Å². The van der Waals surface area contributed by atoms with Crippen molar-refractivity contribution < 1.29 is 29.1 Å². The third kappa shape index (κ3) is 14.9. The Morgan fingerprint density at radius 3 is 2.00 bits per heavy atom. The predicted molar refractivity (Wildman–Crippen MR) is 189 cm³/mol. The van der Waals surface area contributed by atoms with Crippen molar-refractivity contribution in [2.24, 2.45) is 11.7 Å². The molecule has 0 heterocycles. The van der Waals surface area contributed by atoms with Gasteiger partial charge in [0.25, 0.3) is 5.91 Å². The molecule has 0 bridgehead atoms. The fourth-order valence-electron chi connectivity index (χ4n) is 4.69. The number of carbonyl (C=O) groups is 5. The van der Waals surface area contributed by atoms with E-state index in [4.69, 9.17) is 5.73 Å². The van der Waals surface area contributed by atoms with E-state index in [1.807, 2.05) is 18.2 Å². The molecule has 0 aliphatic heterocycles. The number of aliphatic hydroxyl groups is 1. The quantitative estimate of drug-likeness (QED) is 0.0786. The number of rotatable bonds is 20. The van der Waals surface area contributed by atoms with Crippen LogP contribution in [0.15, 0.2) is 42.5 Å². The molecular weight excluding hydrogens is 736 g/mol. The van der Waals surface area contributed by atoms with Gasteiger partial charge in [0, 0.05) is 41.4 Å². The molecule has 258 valence electrons. The number of halogens is 2. The molecule has 0 unspecified atom stereocenters. The lowest BCUT2D eigenvalue weighted by atomic mass is 10.0. The highest BCUT2D eigenvalue weighted by Crippen LogP contribution is 2.16. The molecular formula is C33H46Br2N6O6. The number of amides is 6. The molecule has 0 radical (unpaired) electrons. The lowest BCUT2D eigenvalue weighted by molar-refractivity contribution is -0.132. The maximum absolute atomic E-state index is 13.3. The zero-order chi connectivity index (χ0) is 34.8. The Morgan fingerprint density at radius 1 is 0.787 bits per heavy atom. The van der Waals surface area contributed by atoms with Crippen LogP contribution < -0.4 is 32.3 Å². The van der Waals surface area contributed by atoms with Gasteiger partial charge in [0.2, 0.25) is 17.7 Å². The standard InChI is InChI=1S/C33H46Br2N6O6/c1-21(2)29(41-28(43)8-4-3-5-13-37-30(44)25-16-23(18-34)15-24(17-25)19-35)32(46)40-27(7-6-14-38-33(36)47)31(45)39-26-11-9-22(20-42)10-12-26/h9-12,15-17,21,27,29,42H,3-8,13-14,18-20H2,1-2H3,(H,37,44)(H,39,45)(H,40,46)(H,41,43)(H3,36,38,47)/t27-,29-/m0/s1. The number of anilines is 1. The average molecular weight is 783 g/mol. The molecule has 0 aliphatic rings. The van der Waals surface area contributed by atoms with Crippen molar-refractivity contribution in [1.29, 1.82) is 0 Å². The van der Waals surface area contributed by atoms with Crippen LogP contribution in [0.2, 0.25) is 0 Å². The third-order valence-electron chi connectivity index (χ3n) is 7.26. The van der Waals surface area contributed by atoms with Crippen LogP contribution in [0.5, 0.6) is 0 Å². The summed E-state index contributed by atoms with van der Waals surface area (Å²) in [5.74, 6) is -1.65. The van der Waals surface area contributed by atoms with Gasteiger partial charge in [-0.3, -0.25) is 19.2 Å². The first-order valence-electron chi connectivity index (χ1n) is 15.6. The van der Waals surface area contributed by atoms with Crippen LogP contribution in [-0.4, -0.2) is 59.9 Å². The van der Waals surface area contributed by atoms with Crippen molar-refractivity contribution >= 4 is 67.2 Å². The third-order valence-corrected chi connectivity index (χ3v) is 8.56. The first-order chi connectivity index (χ1) is 22.5. The lowest BCUT2D eigenvalue weighted by Gasteiger charge is -2.25. The number of urea groups is 1. The summed E-state index contributed by atoms with van der Waals surface area (Å²) in [6.07, 6.45) is 2.77. The van der Waals surface area contributed by atoms with Crippen LogP contribution in [-0.2, 0) is 31.7 Å². The van der Waals surface area contributed by atoms with Gasteiger partial charge < -0.3 is 37.4 Å². The smallest absolute Gasteiger partial charge is 0.312 e. The average Bonchev–Trinajstić information content (AvgIpc) is 3.05. The topological polar surface area (TPSA) is 192 Å². The molecule has 6 amide bonds. The Hall–Kier alpha value is -3.49. The van der Waals surface area contributed by atoms with E-state index in [0.29, 0.717) is 59.7 Å². The highest BCUT2D eigenvalue weighted by atomic mass is 79.9. The predicted octanol–water partition coefficient (Wildman–Crippen LogP) is 3.97. The van der Waals surface area contributed by atoms with Crippen LogP contribution >= 0.6 is 31.9 Å². The summed E-state index contributed by atoms with van der Waals surface area (Å²) in [6.45, 7) is 4.17. The second-order valence-corrected chi connectivity index (χ2v) is 12.6. The first kappa shape index (κ1) is 39.7. The number of nitrogens with two attached hydrogens (primary N) is 1. The minimum Gasteiger partial charge on any atom is -0.392 e.